The Labute approximate surface area is 119 Å². The SMILES string of the molecule is COC(C)(C)CNC(=O)NC(=O)CC(C)(C)CC(=O)O. The number of amides is 3. The molecule has 0 rings (SSSR count). The van der Waals surface area contributed by atoms with Crippen LogP contribution in [0.25, 0.3) is 0 Å². The first-order chi connectivity index (χ1) is 8.97. The van der Waals surface area contributed by atoms with E-state index in [0.29, 0.717) is 0 Å². The number of carboxylic acid groups (broad SMARTS) is 1. The molecule has 0 aliphatic rings. The number of imide groups is 1. The van der Waals surface area contributed by atoms with Crippen LogP contribution in [0.1, 0.15) is 40.5 Å². The average Bonchev–Trinajstić information content (AvgIpc) is 2.23. The van der Waals surface area contributed by atoms with Crippen molar-refractivity contribution in [3.63, 3.8) is 0 Å². The summed E-state index contributed by atoms with van der Waals surface area (Å²) in [5.41, 5.74) is -1.23. The molecule has 0 saturated heterocycles. The number of rotatable bonds is 7. The fraction of sp³-hybridized carbons (Fsp3) is 0.769. The van der Waals surface area contributed by atoms with Crippen LogP contribution in [0.4, 0.5) is 4.79 Å². The molecule has 3 amide bonds. The maximum atomic E-state index is 11.6. The molecule has 0 aromatic heterocycles. The highest BCUT2D eigenvalue weighted by atomic mass is 16.5. The summed E-state index contributed by atoms with van der Waals surface area (Å²) in [7, 11) is 1.53. The lowest BCUT2D eigenvalue weighted by Crippen LogP contribution is -2.46. The van der Waals surface area contributed by atoms with Crippen molar-refractivity contribution in [2.75, 3.05) is 13.7 Å². The average molecular weight is 288 g/mol. The van der Waals surface area contributed by atoms with Gasteiger partial charge in [-0.2, -0.15) is 0 Å². The van der Waals surface area contributed by atoms with Crippen LogP contribution in [-0.4, -0.2) is 42.3 Å². The highest BCUT2D eigenvalue weighted by Crippen LogP contribution is 2.24. The predicted molar refractivity (Wildman–Crippen MR) is 73.3 cm³/mol. The van der Waals surface area contributed by atoms with Crippen molar-refractivity contribution in [2.24, 2.45) is 5.41 Å². The fourth-order valence-electron chi connectivity index (χ4n) is 1.49. The van der Waals surface area contributed by atoms with Crippen molar-refractivity contribution in [3.05, 3.63) is 0 Å². The Morgan fingerprint density at radius 1 is 1.10 bits per heavy atom. The smallest absolute Gasteiger partial charge is 0.321 e. The molecule has 20 heavy (non-hydrogen) atoms. The lowest BCUT2D eigenvalue weighted by molar-refractivity contribution is -0.139. The van der Waals surface area contributed by atoms with Crippen molar-refractivity contribution in [3.8, 4) is 0 Å². The monoisotopic (exact) mass is 288 g/mol. The van der Waals surface area contributed by atoms with E-state index in [0.717, 1.165) is 0 Å². The number of aliphatic carboxylic acids is 1. The van der Waals surface area contributed by atoms with Gasteiger partial charge in [-0.1, -0.05) is 13.8 Å². The number of ether oxygens (including phenoxy) is 1. The molecule has 3 N–H and O–H groups in total. The largest absolute Gasteiger partial charge is 0.481 e. The van der Waals surface area contributed by atoms with Gasteiger partial charge in [0.1, 0.15) is 0 Å². The predicted octanol–water partition coefficient (Wildman–Crippen LogP) is 1.13. The molecule has 0 saturated carbocycles. The number of methoxy groups -OCH3 is 1. The first-order valence-electron chi connectivity index (χ1n) is 6.32. The lowest BCUT2D eigenvalue weighted by Gasteiger charge is -2.24. The molecular weight excluding hydrogens is 264 g/mol. The first-order valence-corrected chi connectivity index (χ1v) is 6.32. The molecule has 0 atom stereocenters. The Kier molecular flexibility index (Phi) is 6.64. The number of carbonyl (C=O) groups excluding carboxylic acids is 2. The molecule has 0 bridgehead atoms. The van der Waals surface area contributed by atoms with E-state index < -0.39 is 28.9 Å². The molecule has 0 heterocycles. The summed E-state index contributed by atoms with van der Waals surface area (Å²) in [6, 6.07) is -0.619. The van der Waals surface area contributed by atoms with Crippen LogP contribution in [0.2, 0.25) is 0 Å². The Balaban J connectivity index is 4.21. The van der Waals surface area contributed by atoms with Crippen molar-refractivity contribution in [1.82, 2.24) is 10.6 Å². The van der Waals surface area contributed by atoms with Gasteiger partial charge < -0.3 is 15.2 Å². The van der Waals surface area contributed by atoms with E-state index in [-0.39, 0.29) is 19.4 Å². The molecule has 0 aromatic rings. The molecule has 0 aromatic carbocycles. The van der Waals surface area contributed by atoms with Crippen molar-refractivity contribution in [1.29, 1.82) is 0 Å². The van der Waals surface area contributed by atoms with E-state index in [1.165, 1.54) is 7.11 Å². The van der Waals surface area contributed by atoms with Gasteiger partial charge in [0.15, 0.2) is 0 Å². The normalized spacial score (nSPS) is 11.8. The minimum atomic E-state index is -0.978. The van der Waals surface area contributed by atoms with Gasteiger partial charge in [0.25, 0.3) is 0 Å². The Hall–Kier alpha value is -1.63. The van der Waals surface area contributed by atoms with E-state index in [4.69, 9.17) is 9.84 Å². The highest BCUT2D eigenvalue weighted by Gasteiger charge is 2.26. The lowest BCUT2D eigenvalue weighted by atomic mass is 9.85. The summed E-state index contributed by atoms with van der Waals surface area (Å²) in [6.45, 7) is 7.16. The Bertz CT molecular complexity index is 377. The van der Waals surface area contributed by atoms with Gasteiger partial charge in [0, 0.05) is 20.1 Å². The van der Waals surface area contributed by atoms with E-state index in [9.17, 15) is 14.4 Å². The summed E-state index contributed by atoms with van der Waals surface area (Å²) >= 11 is 0. The van der Waals surface area contributed by atoms with Crippen LogP contribution in [-0.2, 0) is 14.3 Å². The van der Waals surface area contributed by atoms with Crippen molar-refractivity contribution >= 4 is 17.9 Å². The number of carbonyl (C=O) groups is 3. The van der Waals surface area contributed by atoms with E-state index in [1.807, 2.05) is 0 Å². The molecule has 7 nitrogen and oxygen atoms in total. The third-order valence-corrected chi connectivity index (χ3v) is 2.75. The second-order valence-electron chi connectivity index (χ2n) is 6.11. The Morgan fingerprint density at radius 3 is 2.10 bits per heavy atom. The summed E-state index contributed by atoms with van der Waals surface area (Å²) in [5, 5.41) is 13.4. The highest BCUT2D eigenvalue weighted by molar-refractivity contribution is 5.94. The number of nitrogens with one attached hydrogen (secondary N) is 2. The summed E-state index contributed by atoms with van der Waals surface area (Å²) in [6.07, 6.45) is -0.181. The van der Waals surface area contributed by atoms with Crippen molar-refractivity contribution in [2.45, 2.75) is 46.1 Å². The third kappa shape index (κ3) is 8.47. The first kappa shape index (κ1) is 18.4. The molecular formula is C13H24N2O5. The minimum absolute atomic E-state index is 0.0413. The Morgan fingerprint density at radius 2 is 1.65 bits per heavy atom. The number of carboxylic acids is 1. The summed E-state index contributed by atoms with van der Waals surface area (Å²) in [4.78, 5) is 33.8. The van der Waals surface area contributed by atoms with Gasteiger partial charge in [-0.05, 0) is 19.3 Å². The zero-order valence-electron chi connectivity index (χ0n) is 12.7. The second kappa shape index (κ2) is 7.23. The summed E-state index contributed by atoms with van der Waals surface area (Å²) < 4.78 is 5.12. The van der Waals surface area contributed by atoms with Gasteiger partial charge in [0.05, 0.1) is 12.0 Å². The van der Waals surface area contributed by atoms with Crippen LogP contribution in [0.5, 0.6) is 0 Å². The number of hydrogen-bond acceptors (Lipinski definition) is 4. The molecule has 7 heteroatoms. The number of urea groups is 1. The van der Waals surface area contributed by atoms with Gasteiger partial charge in [-0.25, -0.2) is 4.79 Å². The standard InChI is InChI=1S/C13H24N2O5/c1-12(2,7-10(17)18)6-9(16)15-11(19)14-8-13(3,4)20-5/h6-8H2,1-5H3,(H,17,18)(H2,14,15,16,19). The second-order valence-corrected chi connectivity index (χ2v) is 6.11. The molecule has 116 valence electrons. The molecule has 0 radical (unpaired) electrons. The van der Waals surface area contributed by atoms with Crippen molar-refractivity contribution < 1.29 is 24.2 Å². The van der Waals surface area contributed by atoms with Crippen LogP contribution in [0.3, 0.4) is 0 Å². The van der Waals surface area contributed by atoms with E-state index >= 15 is 0 Å². The van der Waals surface area contributed by atoms with Gasteiger partial charge >= 0.3 is 12.0 Å². The van der Waals surface area contributed by atoms with Gasteiger partial charge in [-0.15, -0.1) is 0 Å². The molecule has 0 aliphatic carbocycles. The molecule has 0 aliphatic heterocycles. The quantitative estimate of drug-likeness (QED) is 0.651. The van der Waals surface area contributed by atoms with Crippen LogP contribution >= 0.6 is 0 Å². The zero-order valence-corrected chi connectivity index (χ0v) is 12.7. The zero-order chi connectivity index (χ0) is 16.0. The molecule has 0 unspecified atom stereocenters. The molecule has 0 spiro atoms. The van der Waals surface area contributed by atoms with Crippen LogP contribution in [0, 0.1) is 5.41 Å². The van der Waals surface area contributed by atoms with Crippen LogP contribution < -0.4 is 10.6 Å². The maximum absolute atomic E-state index is 11.6. The third-order valence-electron chi connectivity index (χ3n) is 2.75. The van der Waals surface area contributed by atoms with Gasteiger partial charge in [-0.3, -0.25) is 14.9 Å². The minimum Gasteiger partial charge on any atom is -0.481 e. The fourth-order valence-corrected chi connectivity index (χ4v) is 1.49. The van der Waals surface area contributed by atoms with E-state index in [1.54, 1.807) is 27.7 Å². The van der Waals surface area contributed by atoms with E-state index in [2.05, 4.69) is 10.6 Å². The summed E-state index contributed by atoms with van der Waals surface area (Å²) in [5.74, 6) is -1.49. The molecule has 0 fully saturated rings. The van der Waals surface area contributed by atoms with Gasteiger partial charge in [0.2, 0.25) is 5.91 Å². The van der Waals surface area contributed by atoms with Crippen LogP contribution in [0.15, 0.2) is 0 Å². The topological polar surface area (TPSA) is 105 Å². The number of hydrogen-bond donors (Lipinski definition) is 3. The maximum Gasteiger partial charge on any atom is 0.321 e.